The Morgan fingerprint density at radius 1 is 1.11 bits per heavy atom. The Hall–Kier alpha value is -0.160. The predicted octanol–water partition coefficient (Wildman–Crippen LogP) is 0.783. The molecule has 2 aliphatic rings. The molecule has 0 aromatic carbocycles. The Kier molecular flexibility index (Phi) is 6.41. The zero-order valence-corrected chi connectivity index (χ0v) is 11.9. The van der Waals surface area contributed by atoms with Crippen LogP contribution >= 0.6 is 0 Å². The van der Waals surface area contributed by atoms with E-state index in [-0.39, 0.29) is 0 Å². The molecule has 1 N–H and O–H groups in total. The van der Waals surface area contributed by atoms with Gasteiger partial charge in [-0.3, -0.25) is 0 Å². The van der Waals surface area contributed by atoms with Crippen LogP contribution in [0, 0.1) is 0 Å². The highest BCUT2D eigenvalue weighted by molar-refractivity contribution is 4.69. The van der Waals surface area contributed by atoms with Crippen LogP contribution in [0.2, 0.25) is 0 Å². The summed E-state index contributed by atoms with van der Waals surface area (Å²) in [6.07, 6.45) is 5.39. The first-order chi connectivity index (χ1) is 8.84. The summed E-state index contributed by atoms with van der Waals surface area (Å²) in [5, 5.41) is 3.38. The standard InChI is InChI=1S/C14H29N3O/c1-16-8-2-9-17(12-11-16)10-3-13-18-14-4-6-15-7-5-14/h14-15H,2-13H2,1H3. The molecule has 0 radical (unpaired) electrons. The van der Waals surface area contributed by atoms with Gasteiger partial charge in [0.15, 0.2) is 0 Å². The second-order valence-corrected chi connectivity index (χ2v) is 5.67. The third-order valence-electron chi connectivity index (χ3n) is 4.07. The maximum Gasteiger partial charge on any atom is 0.0599 e. The van der Waals surface area contributed by atoms with E-state index in [9.17, 15) is 0 Å². The summed E-state index contributed by atoms with van der Waals surface area (Å²) in [4.78, 5) is 5.03. The molecule has 0 bridgehead atoms. The second kappa shape index (κ2) is 8.10. The average molecular weight is 255 g/mol. The Labute approximate surface area is 112 Å². The second-order valence-electron chi connectivity index (χ2n) is 5.67. The molecule has 2 saturated heterocycles. The van der Waals surface area contributed by atoms with Crippen molar-refractivity contribution >= 4 is 0 Å². The van der Waals surface area contributed by atoms with E-state index in [4.69, 9.17) is 4.74 Å². The molecule has 0 saturated carbocycles. The van der Waals surface area contributed by atoms with Crippen molar-refractivity contribution in [2.45, 2.75) is 31.8 Å². The van der Waals surface area contributed by atoms with Gasteiger partial charge < -0.3 is 19.9 Å². The minimum Gasteiger partial charge on any atom is -0.378 e. The summed E-state index contributed by atoms with van der Waals surface area (Å²) in [7, 11) is 2.23. The van der Waals surface area contributed by atoms with Crippen molar-refractivity contribution < 1.29 is 4.74 Å². The van der Waals surface area contributed by atoms with Gasteiger partial charge in [-0.1, -0.05) is 0 Å². The fourth-order valence-corrected chi connectivity index (χ4v) is 2.82. The lowest BCUT2D eigenvalue weighted by molar-refractivity contribution is 0.0279. The minimum absolute atomic E-state index is 0.515. The summed E-state index contributed by atoms with van der Waals surface area (Å²) in [6.45, 7) is 9.36. The van der Waals surface area contributed by atoms with E-state index in [1.54, 1.807) is 0 Å². The first-order valence-corrected chi connectivity index (χ1v) is 7.58. The predicted molar refractivity (Wildman–Crippen MR) is 75.0 cm³/mol. The summed E-state index contributed by atoms with van der Waals surface area (Å²) >= 11 is 0. The van der Waals surface area contributed by atoms with Gasteiger partial charge in [-0.25, -0.2) is 0 Å². The third-order valence-corrected chi connectivity index (χ3v) is 4.07. The van der Waals surface area contributed by atoms with Crippen molar-refractivity contribution in [3.8, 4) is 0 Å². The number of ether oxygens (including phenoxy) is 1. The average Bonchev–Trinajstić information content (AvgIpc) is 2.61. The molecule has 4 nitrogen and oxygen atoms in total. The number of nitrogens with one attached hydrogen (secondary N) is 1. The number of nitrogens with zero attached hydrogens (tertiary/aromatic N) is 2. The van der Waals surface area contributed by atoms with Crippen LogP contribution in [0.3, 0.4) is 0 Å². The van der Waals surface area contributed by atoms with Gasteiger partial charge >= 0.3 is 0 Å². The zero-order valence-electron chi connectivity index (χ0n) is 11.9. The molecule has 0 aromatic heterocycles. The fourth-order valence-electron chi connectivity index (χ4n) is 2.82. The van der Waals surface area contributed by atoms with E-state index >= 15 is 0 Å². The maximum atomic E-state index is 5.95. The molecule has 2 rings (SSSR count). The van der Waals surface area contributed by atoms with E-state index in [2.05, 4.69) is 22.2 Å². The van der Waals surface area contributed by atoms with E-state index < -0.39 is 0 Å². The van der Waals surface area contributed by atoms with Crippen molar-refractivity contribution in [2.75, 3.05) is 59.5 Å². The molecule has 0 unspecified atom stereocenters. The van der Waals surface area contributed by atoms with Gasteiger partial charge in [-0.2, -0.15) is 0 Å². The summed E-state index contributed by atoms with van der Waals surface area (Å²) in [6, 6.07) is 0. The lowest BCUT2D eigenvalue weighted by Gasteiger charge is -2.24. The van der Waals surface area contributed by atoms with Gasteiger partial charge in [0.2, 0.25) is 0 Å². The lowest BCUT2D eigenvalue weighted by Crippen LogP contribution is -2.33. The molecule has 2 fully saturated rings. The summed E-state index contributed by atoms with van der Waals surface area (Å²) in [5.74, 6) is 0. The molecule has 2 heterocycles. The number of hydrogen-bond acceptors (Lipinski definition) is 4. The molecular weight excluding hydrogens is 226 g/mol. The summed E-state index contributed by atoms with van der Waals surface area (Å²) in [5.41, 5.74) is 0. The molecular formula is C14H29N3O. The van der Waals surface area contributed by atoms with Gasteiger partial charge in [-0.05, 0) is 58.9 Å². The highest BCUT2D eigenvalue weighted by Crippen LogP contribution is 2.08. The smallest absolute Gasteiger partial charge is 0.0599 e. The maximum absolute atomic E-state index is 5.95. The van der Waals surface area contributed by atoms with Crippen LogP contribution in [0.1, 0.15) is 25.7 Å². The van der Waals surface area contributed by atoms with Crippen molar-refractivity contribution in [3.05, 3.63) is 0 Å². The van der Waals surface area contributed by atoms with Crippen LogP contribution in [0.4, 0.5) is 0 Å². The van der Waals surface area contributed by atoms with Crippen LogP contribution in [0.25, 0.3) is 0 Å². The molecule has 106 valence electrons. The van der Waals surface area contributed by atoms with E-state index in [1.807, 2.05) is 0 Å². The van der Waals surface area contributed by atoms with E-state index in [0.717, 1.165) is 19.7 Å². The van der Waals surface area contributed by atoms with Crippen LogP contribution in [0.15, 0.2) is 0 Å². The first-order valence-electron chi connectivity index (χ1n) is 7.58. The molecule has 0 spiro atoms. The molecule has 18 heavy (non-hydrogen) atoms. The van der Waals surface area contributed by atoms with Gasteiger partial charge in [0.05, 0.1) is 6.10 Å². The fraction of sp³-hybridized carbons (Fsp3) is 1.00. The quantitative estimate of drug-likeness (QED) is 0.735. The monoisotopic (exact) mass is 255 g/mol. The number of likely N-dealkylation sites (N-methyl/N-ethyl adjacent to an activating group) is 1. The highest BCUT2D eigenvalue weighted by Gasteiger charge is 2.14. The van der Waals surface area contributed by atoms with E-state index in [0.29, 0.717) is 6.10 Å². The lowest BCUT2D eigenvalue weighted by atomic mass is 10.1. The number of rotatable bonds is 5. The molecule has 4 heteroatoms. The molecule has 2 aliphatic heterocycles. The van der Waals surface area contributed by atoms with Gasteiger partial charge in [0.25, 0.3) is 0 Å². The SMILES string of the molecule is CN1CCCN(CCCOC2CCNCC2)CC1. The van der Waals surface area contributed by atoms with Crippen LogP contribution in [0.5, 0.6) is 0 Å². The van der Waals surface area contributed by atoms with Crippen LogP contribution in [-0.2, 0) is 4.74 Å². The molecule has 0 atom stereocenters. The third kappa shape index (κ3) is 5.22. The minimum atomic E-state index is 0.515. The van der Waals surface area contributed by atoms with Gasteiger partial charge in [-0.15, -0.1) is 0 Å². The van der Waals surface area contributed by atoms with Crippen molar-refractivity contribution in [1.29, 1.82) is 0 Å². The first kappa shape index (κ1) is 14.3. The highest BCUT2D eigenvalue weighted by atomic mass is 16.5. The Balaban J connectivity index is 1.51. The largest absolute Gasteiger partial charge is 0.378 e. The topological polar surface area (TPSA) is 27.7 Å². The Morgan fingerprint density at radius 2 is 1.94 bits per heavy atom. The zero-order chi connectivity index (χ0) is 12.6. The van der Waals surface area contributed by atoms with Crippen molar-refractivity contribution in [2.24, 2.45) is 0 Å². The van der Waals surface area contributed by atoms with E-state index in [1.165, 1.54) is 58.4 Å². The summed E-state index contributed by atoms with van der Waals surface area (Å²) < 4.78 is 5.95. The van der Waals surface area contributed by atoms with Crippen molar-refractivity contribution in [1.82, 2.24) is 15.1 Å². The van der Waals surface area contributed by atoms with Gasteiger partial charge in [0, 0.05) is 26.2 Å². The normalized spacial score (nSPS) is 25.2. The Morgan fingerprint density at radius 3 is 2.78 bits per heavy atom. The van der Waals surface area contributed by atoms with Crippen LogP contribution in [-0.4, -0.2) is 75.4 Å². The molecule has 0 aromatic rings. The molecule has 0 aliphatic carbocycles. The van der Waals surface area contributed by atoms with Gasteiger partial charge in [0.1, 0.15) is 0 Å². The number of hydrogen-bond donors (Lipinski definition) is 1. The molecule has 0 amide bonds. The van der Waals surface area contributed by atoms with Crippen molar-refractivity contribution in [3.63, 3.8) is 0 Å². The van der Waals surface area contributed by atoms with Crippen LogP contribution < -0.4 is 5.32 Å². The number of piperidine rings is 1. The Bertz CT molecular complexity index is 219.